The zero-order valence-electron chi connectivity index (χ0n) is 20.3. The maximum absolute atomic E-state index is 13.1. The average molecular weight is 458 g/mol. The Morgan fingerprint density at radius 1 is 0.912 bits per heavy atom. The van der Waals surface area contributed by atoms with E-state index >= 15 is 0 Å². The standard InChI is InChI=1S/C30H35NO3/c1-33-28-17-15-23(21-29(28)34-2)16-18-30(32)31-19-9-10-24(22-31)20-27(25-11-5-3-6-12-25)26-13-7-4-8-14-26/h3-8,11-15,17,21,24,27H,9-10,16,18-20,22H2,1-2H3. The number of likely N-dealkylation sites (tertiary alicyclic amines) is 1. The van der Waals surface area contributed by atoms with Gasteiger partial charge in [0.1, 0.15) is 0 Å². The highest BCUT2D eigenvalue weighted by Gasteiger charge is 2.27. The monoisotopic (exact) mass is 457 g/mol. The van der Waals surface area contributed by atoms with Crippen LogP contribution in [0.3, 0.4) is 0 Å². The van der Waals surface area contributed by atoms with Crippen molar-refractivity contribution in [3.8, 4) is 11.5 Å². The molecular weight excluding hydrogens is 422 g/mol. The predicted octanol–water partition coefficient (Wildman–Crippen LogP) is 6.10. The van der Waals surface area contributed by atoms with Crippen molar-refractivity contribution in [1.29, 1.82) is 0 Å². The molecule has 1 saturated heterocycles. The summed E-state index contributed by atoms with van der Waals surface area (Å²) in [6.45, 7) is 1.71. The minimum Gasteiger partial charge on any atom is -0.493 e. The van der Waals surface area contributed by atoms with Gasteiger partial charge in [-0.25, -0.2) is 0 Å². The van der Waals surface area contributed by atoms with Gasteiger partial charge < -0.3 is 14.4 Å². The summed E-state index contributed by atoms with van der Waals surface area (Å²) in [6.07, 6.45) is 4.53. The summed E-state index contributed by atoms with van der Waals surface area (Å²) in [6, 6.07) is 27.4. The molecule has 0 spiro atoms. The first-order valence-corrected chi connectivity index (χ1v) is 12.3. The highest BCUT2D eigenvalue weighted by molar-refractivity contribution is 5.76. The van der Waals surface area contributed by atoms with E-state index in [1.165, 1.54) is 17.5 Å². The molecular formula is C30H35NO3. The van der Waals surface area contributed by atoms with Crippen molar-refractivity contribution >= 4 is 5.91 Å². The summed E-state index contributed by atoms with van der Waals surface area (Å²) >= 11 is 0. The number of piperidine rings is 1. The van der Waals surface area contributed by atoms with Crippen LogP contribution in [0.1, 0.15) is 48.3 Å². The smallest absolute Gasteiger partial charge is 0.222 e. The highest BCUT2D eigenvalue weighted by Crippen LogP contribution is 2.34. The third-order valence-corrected chi connectivity index (χ3v) is 6.92. The molecule has 0 bridgehead atoms. The molecule has 178 valence electrons. The van der Waals surface area contributed by atoms with Crippen molar-refractivity contribution in [2.45, 2.75) is 38.0 Å². The van der Waals surface area contributed by atoms with Gasteiger partial charge in [-0.1, -0.05) is 66.7 Å². The number of rotatable bonds is 9. The fourth-order valence-corrected chi connectivity index (χ4v) is 5.10. The Bertz CT molecular complexity index is 1010. The number of methoxy groups -OCH3 is 2. The minimum atomic E-state index is 0.246. The molecule has 3 aromatic rings. The summed E-state index contributed by atoms with van der Waals surface area (Å²) < 4.78 is 10.7. The van der Waals surface area contributed by atoms with Crippen LogP contribution in [-0.2, 0) is 11.2 Å². The van der Waals surface area contributed by atoms with E-state index in [1.807, 2.05) is 18.2 Å². The molecule has 1 atom stereocenters. The van der Waals surface area contributed by atoms with Crippen LogP contribution in [0.4, 0.5) is 0 Å². The van der Waals surface area contributed by atoms with Crippen LogP contribution < -0.4 is 9.47 Å². The second-order valence-corrected chi connectivity index (χ2v) is 9.15. The van der Waals surface area contributed by atoms with Crippen molar-refractivity contribution in [2.75, 3.05) is 27.3 Å². The third-order valence-electron chi connectivity index (χ3n) is 6.92. The van der Waals surface area contributed by atoms with Gasteiger partial charge in [0.05, 0.1) is 14.2 Å². The Hall–Kier alpha value is -3.27. The number of amides is 1. The zero-order chi connectivity index (χ0) is 23.8. The molecule has 0 aliphatic carbocycles. The normalized spacial score (nSPS) is 15.9. The Kier molecular flexibility index (Phi) is 8.24. The Balaban J connectivity index is 1.39. The number of hydrogen-bond donors (Lipinski definition) is 0. The molecule has 4 nitrogen and oxygen atoms in total. The molecule has 0 radical (unpaired) electrons. The molecule has 1 amide bonds. The first-order chi connectivity index (χ1) is 16.7. The molecule has 0 saturated carbocycles. The molecule has 4 heteroatoms. The number of benzene rings is 3. The van der Waals surface area contributed by atoms with E-state index in [0.717, 1.165) is 31.5 Å². The molecule has 1 aliphatic rings. The predicted molar refractivity (Wildman–Crippen MR) is 137 cm³/mol. The van der Waals surface area contributed by atoms with Crippen molar-refractivity contribution in [1.82, 2.24) is 4.90 Å². The number of nitrogens with zero attached hydrogens (tertiary/aromatic N) is 1. The lowest BCUT2D eigenvalue weighted by molar-refractivity contribution is -0.133. The van der Waals surface area contributed by atoms with Crippen molar-refractivity contribution in [2.24, 2.45) is 5.92 Å². The Morgan fingerprint density at radius 2 is 1.56 bits per heavy atom. The van der Waals surface area contributed by atoms with E-state index in [1.54, 1.807) is 14.2 Å². The molecule has 0 aromatic heterocycles. The fraction of sp³-hybridized carbons (Fsp3) is 0.367. The number of carbonyl (C=O) groups is 1. The van der Waals surface area contributed by atoms with E-state index in [2.05, 4.69) is 65.6 Å². The van der Waals surface area contributed by atoms with Gasteiger partial charge >= 0.3 is 0 Å². The van der Waals surface area contributed by atoms with Gasteiger partial charge in [0.2, 0.25) is 5.91 Å². The second kappa shape index (κ2) is 11.7. The number of hydrogen-bond acceptors (Lipinski definition) is 3. The van der Waals surface area contributed by atoms with E-state index in [9.17, 15) is 4.79 Å². The van der Waals surface area contributed by atoms with Gasteiger partial charge in [0, 0.05) is 25.4 Å². The number of aryl methyl sites for hydroxylation is 1. The molecule has 34 heavy (non-hydrogen) atoms. The summed E-state index contributed by atoms with van der Waals surface area (Å²) in [5, 5.41) is 0. The van der Waals surface area contributed by atoms with Gasteiger partial charge in [-0.05, 0) is 60.4 Å². The lowest BCUT2D eigenvalue weighted by Gasteiger charge is -2.35. The lowest BCUT2D eigenvalue weighted by atomic mass is 9.81. The fourth-order valence-electron chi connectivity index (χ4n) is 5.10. The first kappa shape index (κ1) is 23.9. The molecule has 0 N–H and O–H groups in total. The van der Waals surface area contributed by atoms with Crippen LogP contribution in [0.2, 0.25) is 0 Å². The summed E-state index contributed by atoms with van der Waals surface area (Å²) in [5.41, 5.74) is 3.80. The van der Waals surface area contributed by atoms with E-state index in [4.69, 9.17) is 9.47 Å². The molecule has 1 unspecified atom stereocenters. The Morgan fingerprint density at radius 3 is 2.18 bits per heavy atom. The van der Waals surface area contributed by atoms with E-state index in [-0.39, 0.29) is 5.91 Å². The van der Waals surface area contributed by atoms with Gasteiger partial charge in [-0.3, -0.25) is 4.79 Å². The Labute approximate surface area is 203 Å². The van der Waals surface area contributed by atoms with Gasteiger partial charge in [0.25, 0.3) is 0 Å². The summed E-state index contributed by atoms with van der Waals surface area (Å²) in [7, 11) is 3.27. The molecule has 3 aromatic carbocycles. The topological polar surface area (TPSA) is 38.8 Å². The third kappa shape index (κ3) is 5.99. The maximum atomic E-state index is 13.1. The van der Waals surface area contributed by atoms with Crippen molar-refractivity contribution in [3.05, 3.63) is 95.6 Å². The van der Waals surface area contributed by atoms with Crippen LogP contribution in [0.15, 0.2) is 78.9 Å². The van der Waals surface area contributed by atoms with Crippen molar-refractivity contribution < 1.29 is 14.3 Å². The quantitative estimate of drug-likeness (QED) is 0.390. The van der Waals surface area contributed by atoms with Crippen LogP contribution in [0.25, 0.3) is 0 Å². The highest BCUT2D eigenvalue weighted by atomic mass is 16.5. The van der Waals surface area contributed by atoms with Gasteiger partial charge in [0.15, 0.2) is 11.5 Å². The average Bonchev–Trinajstić information content (AvgIpc) is 2.91. The minimum absolute atomic E-state index is 0.246. The number of carbonyl (C=O) groups excluding carboxylic acids is 1. The van der Waals surface area contributed by atoms with Crippen LogP contribution >= 0.6 is 0 Å². The SMILES string of the molecule is COc1ccc(CCC(=O)N2CCCC(CC(c3ccccc3)c3ccccc3)C2)cc1OC. The second-order valence-electron chi connectivity index (χ2n) is 9.15. The molecule has 1 aliphatic heterocycles. The molecule has 1 heterocycles. The van der Waals surface area contributed by atoms with Crippen LogP contribution in [0.5, 0.6) is 11.5 Å². The summed E-state index contributed by atoms with van der Waals surface area (Å²) in [5.74, 6) is 2.52. The number of ether oxygens (including phenoxy) is 2. The van der Waals surface area contributed by atoms with Crippen LogP contribution in [0, 0.1) is 5.92 Å². The van der Waals surface area contributed by atoms with Crippen molar-refractivity contribution in [3.63, 3.8) is 0 Å². The maximum Gasteiger partial charge on any atom is 0.222 e. The summed E-state index contributed by atoms with van der Waals surface area (Å²) in [4.78, 5) is 15.2. The van der Waals surface area contributed by atoms with E-state index in [0.29, 0.717) is 36.2 Å². The largest absolute Gasteiger partial charge is 0.493 e. The van der Waals surface area contributed by atoms with E-state index < -0.39 is 0 Å². The first-order valence-electron chi connectivity index (χ1n) is 12.3. The molecule has 4 rings (SSSR count). The molecule has 1 fully saturated rings. The van der Waals surface area contributed by atoms with Gasteiger partial charge in [-0.15, -0.1) is 0 Å². The zero-order valence-corrected chi connectivity index (χ0v) is 20.3. The lowest BCUT2D eigenvalue weighted by Crippen LogP contribution is -2.40. The van der Waals surface area contributed by atoms with Crippen LogP contribution in [-0.4, -0.2) is 38.1 Å². The van der Waals surface area contributed by atoms with Gasteiger partial charge in [-0.2, -0.15) is 0 Å².